The van der Waals surface area contributed by atoms with Crippen molar-refractivity contribution >= 4 is 63.4 Å². The van der Waals surface area contributed by atoms with Crippen molar-refractivity contribution in [1.29, 1.82) is 0 Å². The van der Waals surface area contributed by atoms with Gasteiger partial charge in [-0.3, -0.25) is 9.59 Å². The third-order valence-electron chi connectivity index (χ3n) is 5.40. The van der Waals surface area contributed by atoms with Gasteiger partial charge >= 0.3 is 6.18 Å². The van der Waals surface area contributed by atoms with Gasteiger partial charge in [0, 0.05) is 17.6 Å². The molecular formula is C21H18Cl2F3N5O3S. The van der Waals surface area contributed by atoms with Crippen LogP contribution in [0.15, 0.2) is 35.6 Å². The third kappa shape index (κ3) is 5.50. The van der Waals surface area contributed by atoms with E-state index >= 15 is 0 Å². The molecule has 4 rings (SSSR count). The predicted molar refractivity (Wildman–Crippen MR) is 128 cm³/mol. The molecule has 0 aliphatic carbocycles. The van der Waals surface area contributed by atoms with Gasteiger partial charge < -0.3 is 15.2 Å². The van der Waals surface area contributed by atoms with Crippen molar-refractivity contribution in [3.05, 3.63) is 51.6 Å². The van der Waals surface area contributed by atoms with Gasteiger partial charge in [-0.2, -0.15) is 18.3 Å². The zero-order valence-corrected chi connectivity index (χ0v) is 20.4. The lowest BCUT2D eigenvalue weighted by molar-refractivity contribution is -0.117. The summed E-state index contributed by atoms with van der Waals surface area (Å²) in [5.74, 6) is -0.897. The van der Waals surface area contributed by atoms with Crippen LogP contribution in [0.1, 0.15) is 22.3 Å². The molecule has 3 heterocycles. The molecular weight excluding hydrogens is 530 g/mol. The quantitative estimate of drug-likeness (QED) is 0.554. The molecule has 0 radical (unpaired) electrons. The Morgan fingerprint density at radius 3 is 2.60 bits per heavy atom. The van der Waals surface area contributed by atoms with E-state index in [1.807, 2.05) is 0 Å². The van der Waals surface area contributed by atoms with E-state index in [1.165, 1.54) is 30.5 Å². The summed E-state index contributed by atoms with van der Waals surface area (Å²) in [7, 11) is 0. The Morgan fingerprint density at radius 2 is 1.97 bits per heavy atom. The molecule has 1 saturated heterocycles. The number of hydrogen-bond acceptors (Lipinski definition) is 6. The van der Waals surface area contributed by atoms with Crippen LogP contribution in [0.2, 0.25) is 10.0 Å². The van der Waals surface area contributed by atoms with Gasteiger partial charge in [0.25, 0.3) is 5.91 Å². The molecule has 1 aromatic heterocycles. The molecule has 2 aliphatic rings. The second-order valence-corrected chi connectivity index (χ2v) is 10.4. The number of carbonyl (C=O) groups is 2. The van der Waals surface area contributed by atoms with E-state index in [0.717, 1.165) is 5.01 Å². The summed E-state index contributed by atoms with van der Waals surface area (Å²) in [6, 6.07) is 4.04. The summed E-state index contributed by atoms with van der Waals surface area (Å²) in [4.78, 5) is 30.1. The standard InChI is InChI=1S/C21H18Cl2F3N5O3S/c1-10-5-11(22)6-13(19(32)28-12-8-35(34)9-12)17(10)29-20(33)15-7-16(21(24,25)26)30-31(15)18-14(23)3-2-4-27-18/h2-6,12,15H,7-9H2,1H3,(H,28,32)(H,29,33). The lowest BCUT2D eigenvalue weighted by atomic mass is 10.0. The molecule has 8 nitrogen and oxygen atoms in total. The largest absolute Gasteiger partial charge is 0.616 e. The highest BCUT2D eigenvalue weighted by Crippen LogP contribution is 2.35. The number of nitrogens with one attached hydrogen (secondary N) is 2. The van der Waals surface area contributed by atoms with E-state index in [-0.39, 0.29) is 33.2 Å². The zero-order chi connectivity index (χ0) is 25.5. The first-order valence-electron chi connectivity index (χ1n) is 10.3. The molecule has 1 unspecified atom stereocenters. The summed E-state index contributed by atoms with van der Waals surface area (Å²) in [6.07, 6.45) is -4.19. The maximum Gasteiger partial charge on any atom is 0.431 e. The van der Waals surface area contributed by atoms with Crippen molar-refractivity contribution in [3.8, 4) is 0 Å². The number of amides is 2. The van der Waals surface area contributed by atoms with Gasteiger partial charge in [0.05, 0.1) is 16.3 Å². The van der Waals surface area contributed by atoms with Crippen LogP contribution in [-0.4, -0.2) is 56.8 Å². The van der Waals surface area contributed by atoms with E-state index in [4.69, 9.17) is 23.2 Å². The fourth-order valence-electron chi connectivity index (χ4n) is 3.67. The number of halogens is 5. The second-order valence-electron chi connectivity index (χ2n) is 8.00. The number of alkyl halides is 3. The Labute approximate surface area is 211 Å². The number of pyridine rings is 1. The number of carbonyl (C=O) groups excluding carboxylic acids is 2. The summed E-state index contributed by atoms with van der Waals surface area (Å²) < 4.78 is 51.7. The van der Waals surface area contributed by atoms with Crippen LogP contribution in [0.5, 0.6) is 0 Å². The molecule has 2 aliphatic heterocycles. The van der Waals surface area contributed by atoms with Crippen molar-refractivity contribution in [2.24, 2.45) is 5.10 Å². The normalized spacial score (nSPS) is 21.9. The number of hydrogen-bond donors (Lipinski definition) is 2. The highest BCUT2D eigenvalue weighted by Gasteiger charge is 2.46. The molecule has 2 aromatic rings. The van der Waals surface area contributed by atoms with E-state index in [1.54, 1.807) is 6.92 Å². The van der Waals surface area contributed by atoms with Crippen molar-refractivity contribution in [2.45, 2.75) is 31.6 Å². The van der Waals surface area contributed by atoms with Crippen molar-refractivity contribution in [2.75, 3.05) is 21.8 Å². The van der Waals surface area contributed by atoms with Gasteiger partial charge in [0.2, 0.25) is 5.91 Å². The summed E-state index contributed by atoms with van der Waals surface area (Å²) in [5.41, 5.74) is -0.628. The molecule has 1 aromatic carbocycles. The number of aryl methyl sites for hydroxylation is 1. The first kappa shape index (κ1) is 25.5. The molecule has 2 N–H and O–H groups in total. The summed E-state index contributed by atoms with van der Waals surface area (Å²) in [5, 5.41) is 9.94. The van der Waals surface area contributed by atoms with E-state index in [0.29, 0.717) is 17.1 Å². The predicted octanol–water partition coefficient (Wildman–Crippen LogP) is 3.69. The minimum absolute atomic E-state index is 0.0121. The number of aromatic nitrogens is 1. The van der Waals surface area contributed by atoms with E-state index in [2.05, 4.69) is 20.7 Å². The molecule has 0 spiro atoms. The maximum atomic E-state index is 13.4. The summed E-state index contributed by atoms with van der Waals surface area (Å²) in [6.45, 7) is 1.59. The Morgan fingerprint density at radius 1 is 1.26 bits per heavy atom. The monoisotopic (exact) mass is 547 g/mol. The van der Waals surface area contributed by atoms with Crippen LogP contribution >= 0.6 is 23.2 Å². The van der Waals surface area contributed by atoms with Crippen LogP contribution in [0.4, 0.5) is 24.7 Å². The van der Waals surface area contributed by atoms with Crippen molar-refractivity contribution < 1.29 is 27.3 Å². The lowest BCUT2D eigenvalue weighted by Crippen LogP contribution is -2.53. The van der Waals surface area contributed by atoms with E-state index in [9.17, 15) is 27.3 Å². The first-order valence-corrected chi connectivity index (χ1v) is 12.5. The molecule has 186 valence electrons. The average Bonchev–Trinajstić information content (AvgIpc) is 3.20. The lowest BCUT2D eigenvalue weighted by Gasteiger charge is -2.29. The smallest absolute Gasteiger partial charge is 0.431 e. The number of anilines is 2. The van der Waals surface area contributed by atoms with Gasteiger partial charge in [0.1, 0.15) is 29.3 Å². The molecule has 2 amide bonds. The van der Waals surface area contributed by atoms with Gasteiger partial charge in [-0.1, -0.05) is 23.2 Å². The molecule has 1 atom stereocenters. The minimum atomic E-state index is -4.77. The van der Waals surface area contributed by atoms with Crippen molar-refractivity contribution in [1.82, 2.24) is 10.3 Å². The van der Waals surface area contributed by atoms with Gasteiger partial charge in [-0.15, -0.1) is 0 Å². The summed E-state index contributed by atoms with van der Waals surface area (Å²) >= 11 is 11.2. The Hall–Kier alpha value is -2.54. The van der Waals surface area contributed by atoms with Crippen molar-refractivity contribution in [3.63, 3.8) is 0 Å². The van der Waals surface area contributed by atoms with Gasteiger partial charge in [-0.05, 0) is 47.9 Å². The Kier molecular flexibility index (Phi) is 7.18. The maximum absolute atomic E-state index is 13.4. The molecule has 1 fully saturated rings. The zero-order valence-electron chi connectivity index (χ0n) is 18.0. The average molecular weight is 548 g/mol. The van der Waals surface area contributed by atoms with Gasteiger partial charge in [0.15, 0.2) is 5.82 Å². The number of benzene rings is 1. The molecule has 14 heteroatoms. The minimum Gasteiger partial charge on any atom is -0.616 e. The number of hydrazone groups is 1. The van der Waals surface area contributed by atoms with Crippen LogP contribution in [0.25, 0.3) is 0 Å². The van der Waals surface area contributed by atoms with Crippen LogP contribution in [-0.2, 0) is 16.0 Å². The molecule has 0 saturated carbocycles. The topological polar surface area (TPSA) is 110 Å². The SMILES string of the molecule is Cc1cc(Cl)cc(C(=O)NC2C[S+]([O-])C2)c1NC(=O)C1CC(C(F)(F)F)=NN1c1ncccc1Cl. The highest BCUT2D eigenvalue weighted by atomic mass is 35.5. The van der Waals surface area contributed by atoms with Crippen LogP contribution in [0, 0.1) is 6.92 Å². The molecule has 35 heavy (non-hydrogen) atoms. The fraction of sp³-hybridized carbons (Fsp3) is 0.333. The fourth-order valence-corrected chi connectivity index (χ4v) is 5.12. The number of nitrogens with zero attached hydrogens (tertiary/aromatic N) is 3. The number of rotatable bonds is 5. The Balaban J connectivity index is 1.63. The van der Waals surface area contributed by atoms with Crippen LogP contribution < -0.4 is 15.6 Å². The first-order chi connectivity index (χ1) is 16.4. The van der Waals surface area contributed by atoms with Crippen LogP contribution in [0.3, 0.4) is 0 Å². The van der Waals surface area contributed by atoms with Gasteiger partial charge in [-0.25, -0.2) is 9.99 Å². The highest BCUT2D eigenvalue weighted by molar-refractivity contribution is 7.92. The third-order valence-corrected chi connectivity index (χ3v) is 7.46. The Bertz CT molecular complexity index is 1210. The second kappa shape index (κ2) is 9.84. The van der Waals surface area contributed by atoms with E-state index < -0.39 is 47.3 Å². The molecule has 0 bridgehead atoms.